The van der Waals surface area contributed by atoms with Crippen LogP contribution in [0.15, 0.2) is 77.5 Å². The summed E-state index contributed by atoms with van der Waals surface area (Å²) in [6, 6.07) is 24.7. The van der Waals surface area contributed by atoms with Crippen molar-refractivity contribution < 1.29 is 13.6 Å². The summed E-state index contributed by atoms with van der Waals surface area (Å²) in [7, 11) is 0. The first-order chi connectivity index (χ1) is 14.5. The molecule has 1 aliphatic rings. The van der Waals surface area contributed by atoms with E-state index in [1.54, 1.807) is 0 Å². The maximum Gasteiger partial charge on any atom is 0.501 e. The first-order valence-electron chi connectivity index (χ1n) is 10.6. The van der Waals surface area contributed by atoms with Crippen molar-refractivity contribution in [2.24, 2.45) is 0 Å². The molecule has 4 aromatic rings. The van der Waals surface area contributed by atoms with Crippen LogP contribution in [-0.4, -0.2) is 15.2 Å². The SMILES string of the molecule is CC(C)c1cccc(C(C)C)c1[N+]1=C=[N+](c2ccc3c(c2)oc2ccccc23)C=C1. The van der Waals surface area contributed by atoms with Crippen LogP contribution in [0.3, 0.4) is 0 Å². The molecule has 3 heteroatoms. The van der Waals surface area contributed by atoms with Crippen molar-refractivity contribution in [2.75, 3.05) is 0 Å². The van der Waals surface area contributed by atoms with Crippen molar-refractivity contribution in [1.82, 2.24) is 0 Å². The molecule has 0 aliphatic carbocycles. The largest absolute Gasteiger partial charge is 0.501 e. The van der Waals surface area contributed by atoms with Gasteiger partial charge in [0.05, 0.1) is 6.07 Å². The third-order valence-corrected chi connectivity index (χ3v) is 5.80. The second-order valence-corrected chi connectivity index (χ2v) is 8.51. The maximum absolute atomic E-state index is 6.07. The van der Waals surface area contributed by atoms with E-state index in [0.29, 0.717) is 11.8 Å². The van der Waals surface area contributed by atoms with Crippen molar-refractivity contribution in [3.05, 3.63) is 84.2 Å². The second kappa shape index (κ2) is 7.12. The summed E-state index contributed by atoms with van der Waals surface area (Å²) in [5, 5.41) is 2.29. The Hall–Kier alpha value is -3.42. The van der Waals surface area contributed by atoms with Gasteiger partial charge in [-0.2, -0.15) is 0 Å². The van der Waals surface area contributed by atoms with Gasteiger partial charge >= 0.3 is 6.01 Å². The molecule has 0 saturated heterocycles. The van der Waals surface area contributed by atoms with Gasteiger partial charge in [-0.25, -0.2) is 0 Å². The minimum Gasteiger partial charge on any atom is -0.456 e. The molecule has 3 aromatic carbocycles. The zero-order valence-corrected chi connectivity index (χ0v) is 17.9. The minimum atomic E-state index is 0.440. The number of benzene rings is 3. The van der Waals surface area contributed by atoms with E-state index in [4.69, 9.17) is 4.42 Å². The van der Waals surface area contributed by atoms with Gasteiger partial charge in [-0.1, -0.05) is 73.2 Å². The van der Waals surface area contributed by atoms with Crippen molar-refractivity contribution in [3.8, 4) is 0 Å². The quantitative estimate of drug-likeness (QED) is 0.328. The van der Waals surface area contributed by atoms with Gasteiger partial charge in [0.2, 0.25) is 11.4 Å². The van der Waals surface area contributed by atoms with Crippen LogP contribution >= 0.6 is 0 Å². The Morgan fingerprint density at radius 3 is 2.10 bits per heavy atom. The molecule has 2 heterocycles. The molecular weight excluding hydrogens is 368 g/mol. The summed E-state index contributed by atoms with van der Waals surface area (Å²) in [6.07, 6.45) is 4.15. The highest BCUT2D eigenvalue weighted by atomic mass is 16.3. The van der Waals surface area contributed by atoms with Gasteiger partial charge in [0.1, 0.15) is 11.2 Å². The summed E-state index contributed by atoms with van der Waals surface area (Å²) in [6.45, 7) is 8.98. The highest BCUT2D eigenvalue weighted by Gasteiger charge is 2.29. The topological polar surface area (TPSA) is 19.2 Å². The van der Waals surface area contributed by atoms with E-state index in [2.05, 4.69) is 93.1 Å². The van der Waals surface area contributed by atoms with Gasteiger partial charge < -0.3 is 4.42 Å². The summed E-state index contributed by atoms with van der Waals surface area (Å²) in [5.41, 5.74) is 6.77. The highest BCUT2D eigenvalue weighted by Crippen LogP contribution is 2.35. The Morgan fingerprint density at radius 1 is 0.700 bits per heavy atom. The Balaban J connectivity index is 1.67. The molecule has 5 rings (SSSR count). The molecule has 30 heavy (non-hydrogen) atoms. The van der Waals surface area contributed by atoms with E-state index in [0.717, 1.165) is 27.6 Å². The second-order valence-electron chi connectivity index (χ2n) is 8.51. The normalized spacial score (nSPS) is 13.7. The van der Waals surface area contributed by atoms with Crippen LogP contribution in [0.4, 0.5) is 11.4 Å². The molecule has 1 aromatic heterocycles. The number of rotatable bonds is 4. The van der Waals surface area contributed by atoms with Gasteiger partial charge in [-0.05, 0) is 24.0 Å². The van der Waals surface area contributed by atoms with E-state index in [1.807, 2.05) is 22.8 Å². The average Bonchev–Trinajstić information content (AvgIpc) is 3.37. The third-order valence-electron chi connectivity index (χ3n) is 5.80. The van der Waals surface area contributed by atoms with Crippen LogP contribution in [0.2, 0.25) is 0 Å². The molecule has 0 radical (unpaired) electrons. The van der Waals surface area contributed by atoms with E-state index in [-0.39, 0.29) is 0 Å². The molecule has 0 unspecified atom stereocenters. The first-order valence-corrected chi connectivity index (χ1v) is 10.6. The van der Waals surface area contributed by atoms with E-state index in [1.165, 1.54) is 16.8 Å². The smallest absolute Gasteiger partial charge is 0.456 e. The summed E-state index contributed by atoms with van der Waals surface area (Å²) < 4.78 is 10.2. The number of hydrogen-bond acceptors (Lipinski definition) is 1. The Labute approximate surface area is 176 Å². The number of fused-ring (bicyclic) bond motifs is 3. The molecule has 1 aliphatic heterocycles. The van der Waals surface area contributed by atoms with Crippen molar-refractivity contribution in [2.45, 2.75) is 39.5 Å². The number of para-hydroxylation sites is 2. The zero-order chi connectivity index (χ0) is 20.8. The fraction of sp³-hybridized carbons (Fsp3) is 0.222. The fourth-order valence-corrected chi connectivity index (χ4v) is 4.24. The summed E-state index contributed by atoms with van der Waals surface area (Å²) >= 11 is 0. The van der Waals surface area contributed by atoms with Crippen molar-refractivity contribution in [1.29, 1.82) is 0 Å². The van der Waals surface area contributed by atoms with E-state index < -0.39 is 0 Å². The minimum absolute atomic E-state index is 0.440. The molecule has 3 nitrogen and oxygen atoms in total. The summed E-state index contributed by atoms with van der Waals surface area (Å²) in [5.74, 6) is 0.879. The molecule has 0 saturated carbocycles. The lowest BCUT2D eigenvalue weighted by Gasteiger charge is -2.12. The van der Waals surface area contributed by atoms with Crippen LogP contribution < -0.4 is 0 Å². The lowest BCUT2D eigenvalue weighted by atomic mass is 9.92. The number of hydrogen-bond donors (Lipinski definition) is 0. The standard InChI is InChI=1S/C27H26N2O/c1-18(2)21-9-7-10-22(19(3)4)27(21)29-15-14-28(17-29)20-12-13-24-23-8-5-6-11-25(23)30-26(24)16-20/h5-16,18-19H,1-4H3/q+2. The van der Waals surface area contributed by atoms with Crippen LogP contribution in [-0.2, 0) is 0 Å². The molecule has 0 atom stereocenters. The molecule has 0 amide bonds. The average molecular weight is 395 g/mol. The van der Waals surface area contributed by atoms with Gasteiger partial charge in [-0.15, -0.1) is 0 Å². The Bertz CT molecular complexity index is 1350. The first kappa shape index (κ1) is 18.6. The molecule has 0 spiro atoms. The zero-order valence-electron chi connectivity index (χ0n) is 17.9. The van der Waals surface area contributed by atoms with Crippen molar-refractivity contribution in [3.63, 3.8) is 0 Å². The monoisotopic (exact) mass is 394 g/mol. The van der Waals surface area contributed by atoms with Crippen LogP contribution in [0.25, 0.3) is 21.9 Å². The number of furan rings is 1. The predicted molar refractivity (Wildman–Crippen MR) is 122 cm³/mol. The summed E-state index contributed by atoms with van der Waals surface area (Å²) in [4.78, 5) is 0. The van der Waals surface area contributed by atoms with Gasteiger partial charge in [0.25, 0.3) is 12.4 Å². The van der Waals surface area contributed by atoms with Crippen LogP contribution in [0, 0.1) is 0 Å². The van der Waals surface area contributed by atoms with Crippen LogP contribution in [0.5, 0.6) is 0 Å². The van der Waals surface area contributed by atoms with Crippen molar-refractivity contribution >= 4 is 39.3 Å². The Morgan fingerprint density at radius 2 is 1.37 bits per heavy atom. The highest BCUT2D eigenvalue weighted by molar-refractivity contribution is 6.05. The van der Waals surface area contributed by atoms with E-state index >= 15 is 0 Å². The van der Waals surface area contributed by atoms with E-state index in [9.17, 15) is 0 Å². The predicted octanol–water partition coefficient (Wildman–Crippen LogP) is 7.48. The fourth-order valence-electron chi connectivity index (χ4n) is 4.24. The number of nitrogens with zero attached hydrogens (tertiary/aromatic N) is 2. The van der Waals surface area contributed by atoms with Gasteiger partial charge in [-0.3, -0.25) is 0 Å². The molecule has 0 N–H and O–H groups in total. The Kier molecular flexibility index (Phi) is 4.42. The third kappa shape index (κ3) is 2.99. The van der Waals surface area contributed by atoms with Crippen LogP contribution in [0.1, 0.15) is 50.7 Å². The maximum atomic E-state index is 6.07. The van der Waals surface area contributed by atoms with Gasteiger partial charge in [0.15, 0.2) is 0 Å². The lowest BCUT2D eigenvalue weighted by Crippen LogP contribution is -2.05. The molecule has 0 fully saturated rings. The van der Waals surface area contributed by atoms with Gasteiger partial charge in [0, 0.05) is 28.0 Å². The molecule has 148 valence electrons. The molecule has 0 bridgehead atoms. The lowest BCUT2D eigenvalue weighted by molar-refractivity contribution is -0.387. The molecular formula is C27H26N2O+2.